The summed E-state index contributed by atoms with van der Waals surface area (Å²) in [6.45, 7) is 8.15. The van der Waals surface area contributed by atoms with Crippen LogP contribution in [0.5, 0.6) is 0 Å². The molecule has 0 radical (unpaired) electrons. The third-order valence-corrected chi connectivity index (χ3v) is 3.70. The Kier molecular flexibility index (Phi) is 7.82. The van der Waals surface area contributed by atoms with Gasteiger partial charge in [-0.15, -0.1) is 0 Å². The Labute approximate surface area is 151 Å². The summed E-state index contributed by atoms with van der Waals surface area (Å²) in [5, 5.41) is 4.62. The lowest BCUT2D eigenvalue weighted by Gasteiger charge is -2.11. The molecular formula is C17H25N3O6. The molecule has 1 atom stereocenters. The van der Waals surface area contributed by atoms with Crippen molar-refractivity contribution in [2.24, 2.45) is 0 Å². The van der Waals surface area contributed by atoms with Crippen LogP contribution in [-0.2, 0) is 14.3 Å². The van der Waals surface area contributed by atoms with Crippen molar-refractivity contribution in [1.29, 1.82) is 0 Å². The number of carbonyl (C=O) groups is 4. The van der Waals surface area contributed by atoms with Crippen molar-refractivity contribution < 1.29 is 28.7 Å². The minimum atomic E-state index is -0.807. The second-order valence-corrected chi connectivity index (χ2v) is 5.75. The predicted octanol–water partition coefficient (Wildman–Crippen LogP) is 1.59. The van der Waals surface area contributed by atoms with Gasteiger partial charge in [-0.3, -0.25) is 10.1 Å². The Bertz CT molecular complexity index is 695. The molecule has 0 saturated heterocycles. The lowest BCUT2D eigenvalue weighted by Crippen LogP contribution is -2.44. The number of aromatic amines is 1. The van der Waals surface area contributed by atoms with E-state index in [-0.39, 0.29) is 23.9 Å². The average molecular weight is 367 g/mol. The van der Waals surface area contributed by atoms with Crippen LogP contribution in [0.4, 0.5) is 4.79 Å². The van der Waals surface area contributed by atoms with E-state index in [1.54, 1.807) is 27.7 Å². The summed E-state index contributed by atoms with van der Waals surface area (Å²) in [5.41, 5.74) is 1.16. The third kappa shape index (κ3) is 5.61. The summed E-state index contributed by atoms with van der Waals surface area (Å²) in [4.78, 5) is 50.0. The summed E-state index contributed by atoms with van der Waals surface area (Å²) in [6.07, 6.45) is 0.713. The Morgan fingerprint density at radius 3 is 2.31 bits per heavy atom. The summed E-state index contributed by atoms with van der Waals surface area (Å²) >= 11 is 0. The first-order valence-corrected chi connectivity index (χ1v) is 8.34. The molecule has 1 rings (SSSR count). The second-order valence-electron chi connectivity index (χ2n) is 5.75. The molecule has 0 aliphatic carbocycles. The van der Waals surface area contributed by atoms with E-state index in [2.05, 4.69) is 15.6 Å². The number of hydrogen-bond acceptors (Lipinski definition) is 6. The van der Waals surface area contributed by atoms with E-state index in [0.29, 0.717) is 17.7 Å². The van der Waals surface area contributed by atoms with E-state index in [1.165, 1.54) is 0 Å². The largest absolute Gasteiger partial charge is 0.462 e. The van der Waals surface area contributed by atoms with Crippen LogP contribution in [0.2, 0.25) is 0 Å². The Balaban J connectivity index is 2.66. The van der Waals surface area contributed by atoms with Crippen molar-refractivity contribution in [1.82, 2.24) is 15.6 Å². The number of imide groups is 1. The molecule has 0 bridgehead atoms. The predicted molar refractivity (Wildman–Crippen MR) is 92.9 cm³/mol. The highest BCUT2D eigenvalue weighted by Gasteiger charge is 2.24. The SMILES string of the molecule is CCOC(=O)c1c(C)[nH]c(C(=O)OCC(=O)NC(=O)N[C@@H](C)CC)c1C. The van der Waals surface area contributed by atoms with Crippen molar-refractivity contribution in [2.75, 3.05) is 13.2 Å². The molecular weight excluding hydrogens is 342 g/mol. The van der Waals surface area contributed by atoms with Crippen LogP contribution in [0, 0.1) is 13.8 Å². The van der Waals surface area contributed by atoms with Gasteiger partial charge in [-0.2, -0.15) is 0 Å². The molecule has 0 spiro atoms. The fourth-order valence-corrected chi connectivity index (χ4v) is 2.19. The van der Waals surface area contributed by atoms with Crippen molar-refractivity contribution in [3.8, 4) is 0 Å². The van der Waals surface area contributed by atoms with Crippen LogP contribution >= 0.6 is 0 Å². The van der Waals surface area contributed by atoms with E-state index in [1.807, 2.05) is 6.92 Å². The zero-order valence-electron chi connectivity index (χ0n) is 15.6. The maximum atomic E-state index is 12.1. The number of rotatable bonds is 7. The number of urea groups is 1. The van der Waals surface area contributed by atoms with Crippen LogP contribution < -0.4 is 10.6 Å². The van der Waals surface area contributed by atoms with Gasteiger partial charge in [-0.05, 0) is 39.7 Å². The standard InChI is InChI=1S/C17H25N3O6/c1-6-9(3)18-17(24)20-12(21)8-26-16(23)14-10(4)13(11(5)19-14)15(22)25-7-2/h9,19H,6-8H2,1-5H3,(H2,18,20,21,24)/t9-/m0/s1. The number of amides is 3. The molecule has 144 valence electrons. The molecule has 1 aromatic rings. The minimum Gasteiger partial charge on any atom is -0.462 e. The molecule has 26 heavy (non-hydrogen) atoms. The van der Waals surface area contributed by atoms with Crippen molar-refractivity contribution in [3.63, 3.8) is 0 Å². The van der Waals surface area contributed by atoms with E-state index >= 15 is 0 Å². The highest BCUT2D eigenvalue weighted by atomic mass is 16.5. The molecule has 1 heterocycles. The van der Waals surface area contributed by atoms with Gasteiger partial charge in [0.25, 0.3) is 5.91 Å². The van der Waals surface area contributed by atoms with Gasteiger partial charge in [0.1, 0.15) is 5.69 Å². The van der Waals surface area contributed by atoms with Crippen LogP contribution in [-0.4, -0.2) is 48.1 Å². The van der Waals surface area contributed by atoms with Gasteiger partial charge in [-0.1, -0.05) is 6.92 Å². The van der Waals surface area contributed by atoms with E-state index in [4.69, 9.17) is 9.47 Å². The number of esters is 2. The maximum absolute atomic E-state index is 12.1. The fraction of sp³-hybridized carbons (Fsp3) is 0.529. The van der Waals surface area contributed by atoms with Crippen LogP contribution in [0.15, 0.2) is 0 Å². The summed E-state index contributed by atoms with van der Waals surface area (Å²) in [6, 6.07) is -0.743. The highest BCUT2D eigenvalue weighted by Crippen LogP contribution is 2.19. The Morgan fingerprint density at radius 1 is 1.08 bits per heavy atom. The van der Waals surface area contributed by atoms with Gasteiger partial charge >= 0.3 is 18.0 Å². The number of aryl methyl sites for hydroxylation is 1. The summed E-state index contributed by atoms with van der Waals surface area (Å²) in [5.74, 6) is -2.11. The number of ether oxygens (including phenoxy) is 2. The molecule has 3 amide bonds. The van der Waals surface area contributed by atoms with Gasteiger partial charge in [0, 0.05) is 11.7 Å². The lowest BCUT2D eigenvalue weighted by molar-refractivity contribution is -0.123. The normalized spacial score (nSPS) is 11.4. The first-order valence-electron chi connectivity index (χ1n) is 8.34. The summed E-state index contributed by atoms with van der Waals surface area (Å²) in [7, 11) is 0. The van der Waals surface area contributed by atoms with Gasteiger partial charge in [-0.25, -0.2) is 14.4 Å². The van der Waals surface area contributed by atoms with Gasteiger partial charge in [0.05, 0.1) is 12.2 Å². The molecule has 3 N–H and O–H groups in total. The number of hydrogen-bond donors (Lipinski definition) is 3. The molecule has 9 nitrogen and oxygen atoms in total. The minimum absolute atomic E-state index is 0.0578. The smallest absolute Gasteiger partial charge is 0.355 e. The number of H-pyrrole nitrogens is 1. The molecule has 0 aliphatic heterocycles. The van der Waals surface area contributed by atoms with E-state index in [9.17, 15) is 19.2 Å². The first kappa shape index (κ1) is 21.2. The molecule has 1 aromatic heterocycles. The van der Waals surface area contributed by atoms with Crippen molar-refractivity contribution in [3.05, 3.63) is 22.5 Å². The first-order chi connectivity index (χ1) is 12.2. The molecule has 0 fully saturated rings. The molecule has 0 aromatic carbocycles. The van der Waals surface area contributed by atoms with Gasteiger partial charge < -0.3 is 19.8 Å². The van der Waals surface area contributed by atoms with Crippen LogP contribution in [0.25, 0.3) is 0 Å². The van der Waals surface area contributed by atoms with E-state index in [0.717, 1.165) is 0 Å². The lowest BCUT2D eigenvalue weighted by atomic mass is 10.1. The molecule has 0 saturated carbocycles. The summed E-state index contributed by atoms with van der Waals surface area (Å²) < 4.78 is 9.84. The van der Waals surface area contributed by atoms with Gasteiger partial charge in [0.15, 0.2) is 6.61 Å². The number of nitrogens with one attached hydrogen (secondary N) is 3. The molecule has 0 unspecified atom stereocenters. The third-order valence-electron chi connectivity index (χ3n) is 3.70. The molecule has 9 heteroatoms. The molecule has 0 aliphatic rings. The topological polar surface area (TPSA) is 127 Å². The zero-order chi connectivity index (χ0) is 19.9. The number of carbonyl (C=O) groups excluding carboxylic acids is 4. The quantitative estimate of drug-likeness (QED) is 0.628. The average Bonchev–Trinajstić information content (AvgIpc) is 2.87. The number of aromatic nitrogens is 1. The van der Waals surface area contributed by atoms with Crippen molar-refractivity contribution >= 4 is 23.9 Å². The van der Waals surface area contributed by atoms with E-state index < -0.39 is 30.5 Å². The zero-order valence-corrected chi connectivity index (χ0v) is 15.6. The monoisotopic (exact) mass is 367 g/mol. The van der Waals surface area contributed by atoms with Gasteiger partial charge in [0.2, 0.25) is 0 Å². The highest BCUT2D eigenvalue weighted by molar-refractivity contribution is 6.00. The maximum Gasteiger partial charge on any atom is 0.355 e. The second kappa shape index (κ2) is 9.59. The Morgan fingerprint density at radius 2 is 1.73 bits per heavy atom. The van der Waals surface area contributed by atoms with Crippen molar-refractivity contribution in [2.45, 2.75) is 47.1 Å². The van der Waals surface area contributed by atoms with Crippen LogP contribution in [0.3, 0.4) is 0 Å². The Hall–Kier alpha value is -2.84. The van der Waals surface area contributed by atoms with Crippen LogP contribution in [0.1, 0.15) is 59.3 Å². The fourth-order valence-electron chi connectivity index (χ4n) is 2.19.